The fraction of sp³-hybridized carbons (Fsp3) is 0.263. The van der Waals surface area contributed by atoms with Crippen LogP contribution in [0.4, 0.5) is 5.00 Å². The van der Waals surface area contributed by atoms with Crippen molar-refractivity contribution in [3.05, 3.63) is 56.9 Å². The number of amides is 1. The lowest BCUT2D eigenvalue weighted by Crippen LogP contribution is -2.13. The maximum absolute atomic E-state index is 12.3. The molecule has 2 aromatic rings. The molecule has 0 aliphatic rings. The smallest absolute Gasteiger partial charge is 0.341 e. The Hall–Kier alpha value is -2.11. The molecule has 0 radical (unpaired) electrons. The molecule has 0 unspecified atom stereocenters. The quantitative estimate of drug-likeness (QED) is 0.562. The zero-order valence-corrected chi connectivity index (χ0v) is 16.0. The molecule has 1 N–H and O–H groups in total. The van der Waals surface area contributed by atoms with E-state index in [1.807, 2.05) is 26.0 Å². The average Bonchev–Trinajstić information content (AvgIpc) is 2.88. The molecule has 0 aliphatic carbocycles. The average molecular weight is 378 g/mol. The summed E-state index contributed by atoms with van der Waals surface area (Å²) < 4.78 is 5.13. The molecule has 0 fully saturated rings. The van der Waals surface area contributed by atoms with Gasteiger partial charge in [-0.1, -0.05) is 30.7 Å². The first kappa shape index (κ1) is 19.2. The van der Waals surface area contributed by atoms with Gasteiger partial charge in [0.15, 0.2) is 0 Å². The lowest BCUT2D eigenvalue weighted by Gasteiger charge is -2.06. The maximum Gasteiger partial charge on any atom is 0.341 e. The Morgan fingerprint density at radius 1 is 1.32 bits per heavy atom. The second-order valence-corrected chi connectivity index (χ2v) is 6.95. The summed E-state index contributed by atoms with van der Waals surface area (Å²) in [6, 6.07) is 7.20. The lowest BCUT2D eigenvalue weighted by molar-refractivity contribution is -0.111. The van der Waals surface area contributed by atoms with Crippen LogP contribution in [0.5, 0.6) is 0 Å². The number of aryl methyl sites for hydroxylation is 1. The Morgan fingerprint density at radius 2 is 2.08 bits per heavy atom. The molecular weight excluding hydrogens is 358 g/mol. The molecular formula is C19H20ClNO3S. The van der Waals surface area contributed by atoms with Crippen LogP contribution in [0.1, 0.15) is 40.2 Å². The maximum atomic E-state index is 12.3. The molecule has 0 aliphatic heterocycles. The van der Waals surface area contributed by atoms with Crippen LogP contribution in [0, 0.1) is 6.92 Å². The number of carbonyl (C=O) groups is 2. The van der Waals surface area contributed by atoms with Crippen molar-refractivity contribution in [2.45, 2.75) is 27.2 Å². The molecule has 25 heavy (non-hydrogen) atoms. The van der Waals surface area contributed by atoms with Gasteiger partial charge < -0.3 is 10.1 Å². The van der Waals surface area contributed by atoms with Crippen molar-refractivity contribution in [3.8, 4) is 0 Å². The number of anilines is 1. The van der Waals surface area contributed by atoms with E-state index in [4.69, 9.17) is 16.3 Å². The summed E-state index contributed by atoms with van der Waals surface area (Å²) in [5.41, 5.74) is 2.19. The van der Waals surface area contributed by atoms with Gasteiger partial charge in [0, 0.05) is 16.0 Å². The van der Waals surface area contributed by atoms with Gasteiger partial charge >= 0.3 is 5.97 Å². The molecule has 6 heteroatoms. The standard InChI is InChI=1S/C19H20ClNO3S/c1-4-15-12(3)25-18(17(15)19(23)24-5-2)21-16(22)10-9-13-7-6-8-14(20)11-13/h6-11H,4-5H2,1-3H3,(H,21,22). The summed E-state index contributed by atoms with van der Waals surface area (Å²) in [5, 5.41) is 3.92. The Labute approximate surface area is 156 Å². The molecule has 4 nitrogen and oxygen atoms in total. The third-order valence-electron chi connectivity index (χ3n) is 3.55. The van der Waals surface area contributed by atoms with Gasteiger partial charge in [-0.3, -0.25) is 4.79 Å². The monoisotopic (exact) mass is 377 g/mol. The molecule has 132 valence electrons. The number of ether oxygens (including phenoxy) is 1. The molecule has 1 amide bonds. The summed E-state index contributed by atoms with van der Waals surface area (Å²) in [4.78, 5) is 25.5. The number of esters is 1. The van der Waals surface area contributed by atoms with Crippen LogP contribution >= 0.6 is 22.9 Å². The summed E-state index contributed by atoms with van der Waals surface area (Å²) >= 11 is 7.31. The fourth-order valence-electron chi connectivity index (χ4n) is 2.45. The van der Waals surface area contributed by atoms with Gasteiger partial charge in [-0.05, 0) is 49.6 Å². The lowest BCUT2D eigenvalue weighted by atomic mass is 10.1. The van der Waals surface area contributed by atoms with Gasteiger partial charge in [-0.25, -0.2) is 4.79 Å². The highest BCUT2D eigenvalue weighted by Gasteiger charge is 2.22. The van der Waals surface area contributed by atoms with Crippen molar-refractivity contribution < 1.29 is 14.3 Å². The number of rotatable bonds is 6. The van der Waals surface area contributed by atoms with Gasteiger partial charge in [0.2, 0.25) is 5.91 Å². The van der Waals surface area contributed by atoms with Crippen molar-refractivity contribution in [3.63, 3.8) is 0 Å². The predicted octanol–water partition coefficient (Wildman–Crippen LogP) is 5.10. The number of carbonyl (C=O) groups excluding carboxylic acids is 2. The molecule has 0 saturated heterocycles. The molecule has 0 spiro atoms. The summed E-state index contributed by atoms with van der Waals surface area (Å²) in [6.45, 7) is 5.96. The summed E-state index contributed by atoms with van der Waals surface area (Å²) in [7, 11) is 0. The van der Waals surface area contributed by atoms with Crippen molar-refractivity contribution >= 4 is 45.9 Å². The number of benzene rings is 1. The van der Waals surface area contributed by atoms with E-state index in [-0.39, 0.29) is 5.91 Å². The minimum atomic E-state index is -0.405. The number of halogens is 1. The highest BCUT2D eigenvalue weighted by Crippen LogP contribution is 2.34. The van der Waals surface area contributed by atoms with Crippen molar-refractivity contribution in [1.29, 1.82) is 0 Å². The first-order chi connectivity index (χ1) is 12.0. The largest absolute Gasteiger partial charge is 0.462 e. The number of nitrogens with one attached hydrogen (secondary N) is 1. The van der Waals surface area contributed by atoms with E-state index >= 15 is 0 Å². The van der Waals surface area contributed by atoms with Gasteiger partial charge in [-0.2, -0.15) is 0 Å². The van der Waals surface area contributed by atoms with Crippen molar-refractivity contribution in [2.75, 3.05) is 11.9 Å². The van der Waals surface area contributed by atoms with Gasteiger partial charge in [0.05, 0.1) is 12.2 Å². The number of thiophene rings is 1. The first-order valence-corrected chi connectivity index (χ1v) is 9.19. The van der Waals surface area contributed by atoms with E-state index in [1.54, 1.807) is 25.1 Å². The van der Waals surface area contributed by atoms with E-state index < -0.39 is 5.97 Å². The third-order valence-corrected chi connectivity index (χ3v) is 4.85. The van der Waals surface area contributed by atoms with Crippen LogP contribution in [-0.2, 0) is 16.0 Å². The fourth-order valence-corrected chi connectivity index (χ4v) is 3.78. The highest BCUT2D eigenvalue weighted by atomic mass is 35.5. The van der Waals surface area contributed by atoms with Crippen LogP contribution in [0.2, 0.25) is 5.02 Å². The second kappa shape index (κ2) is 8.83. The Balaban J connectivity index is 2.21. The normalized spacial score (nSPS) is 10.9. The van der Waals surface area contributed by atoms with Crippen molar-refractivity contribution in [2.24, 2.45) is 0 Å². The number of hydrogen-bond acceptors (Lipinski definition) is 4. The topological polar surface area (TPSA) is 55.4 Å². The zero-order valence-electron chi connectivity index (χ0n) is 14.4. The SMILES string of the molecule is CCOC(=O)c1c(NC(=O)C=Cc2cccc(Cl)c2)sc(C)c1CC. The van der Waals surface area contributed by atoms with Crippen LogP contribution in [0.15, 0.2) is 30.3 Å². The second-order valence-electron chi connectivity index (χ2n) is 5.29. The van der Waals surface area contributed by atoms with Crippen molar-refractivity contribution in [1.82, 2.24) is 0 Å². The Bertz CT molecular complexity index is 811. The van der Waals surface area contributed by atoms with Gasteiger partial charge in [0.1, 0.15) is 5.00 Å². The Kier molecular flexibility index (Phi) is 6.79. The highest BCUT2D eigenvalue weighted by molar-refractivity contribution is 7.16. The van der Waals surface area contributed by atoms with E-state index in [0.717, 1.165) is 16.0 Å². The van der Waals surface area contributed by atoms with E-state index in [0.29, 0.717) is 28.6 Å². The minimum absolute atomic E-state index is 0.291. The summed E-state index contributed by atoms with van der Waals surface area (Å²) in [5.74, 6) is -0.716. The molecule has 0 atom stereocenters. The first-order valence-electron chi connectivity index (χ1n) is 8.00. The predicted molar refractivity (Wildman–Crippen MR) is 104 cm³/mol. The van der Waals surface area contributed by atoms with Crippen LogP contribution in [0.3, 0.4) is 0 Å². The van der Waals surface area contributed by atoms with E-state index in [1.165, 1.54) is 17.4 Å². The third kappa shape index (κ3) is 4.94. The van der Waals surface area contributed by atoms with Gasteiger partial charge in [-0.15, -0.1) is 11.3 Å². The summed E-state index contributed by atoms with van der Waals surface area (Å²) in [6.07, 6.45) is 3.79. The van der Waals surface area contributed by atoms with Crippen LogP contribution in [0.25, 0.3) is 6.08 Å². The molecule has 0 bridgehead atoms. The molecule has 0 saturated carbocycles. The molecule has 1 aromatic heterocycles. The molecule has 1 aromatic carbocycles. The number of hydrogen-bond donors (Lipinski definition) is 1. The van der Waals surface area contributed by atoms with Crippen LogP contribution < -0.4 is 5.32 Å². The van der Waals surface area contributed by atoms with Crippen LogP contribution in [-0.4, -0.2) is 18.5 Å². The minimum Gasteiger partial charge on any atom is -0.462 e. The molecule has 2 rings (SSSR count). The van der Waals surface area contributed by atoms with E-state index in [9.17, 15) is 9.59 Å². The zero-order chi connectivity index (χ0) is 18.4. The molecule has 1 heterocycles. The van der Waals surface area contributed by atoms with Gasteiger partial charge in [0.25, 0.3) is 0 Å². The Morgan fingerprint density at radius 3 is 2.72 bits per heavy atom. The van der Waals surface area contributed by atoms with E-state index in [2.05, 4.69) is 5.32 Å².